The Hall–Kier alpha value is -1.03. The van der Waals surface area contributed by atoms with Gasteiger partial charge in [0, 0.05) is 33.9 Å². The lowest BCUT2D eigenvalue weighted by atomic mass is 10.4. The van der Waals surface area contributed by atoms with Gasteiger partial charge >= 0.3 is 0 Å². The number of nitrogens with zero attached hydrogens (tertiary/aromatic N) is 3. The van der Waals surface area contributed by atoms with Gasteiger partial charge in [-0.05, 0) is 19.9 Å². The largest absolute Gasteiger partial charge is 0.349 e. The molecule has 0 amide bonds. The van der Waals surface area contributed by atoms with Crippen LogP contribution in [-0.4, -0.2) is 50.0 Å². The van der Waals surface area contributed by atoms with Crippen molar-refractivity contribution in [3.05, 3.63) is 12.3 Å². The van der Waals surface area contributed by atoms with E-state index in [0.717, 1.165) is 18.9 Å². The van der Waals surface area contributed by atoms with Crippen molar-refractivity contribution in [3.8, 4) is 0 Å². The highest BCUT2D eigenvalue weighted by atomic mass is 15.3. The molecule has 0 heterocycles. The highest BCUT2D eigenvalue weighted by Gasteiger charge is 2.06. The minimum atomic E-state index is 0.717. The highest BCUT2D eigenvalue weighted by Crippen LogP contribution is 1.94. The van der Waals surface area contributed by atoms with E-state index >= 15 is 0 Å². The molecule has 4 heteroatoms. The zero-order chi connectivity index (χ0) is 11.0. The maximum absolute atomic E-state index is 5.46. The lowest BCUT2D eigenvalue weighted by molar-refractivity contribution is 0.419. The predicted molar refractivity (Wildman–Crippen MR) is 62.2 cm³/mol. The Morgan fingerprint density at radius 2 is 2.00 bits per heavy atom. The zero-order valence-electron chi connectivity index (χ0n) is 9.70. The first-order valence-electron chi connectivity index (χ1n) is 4.91. The molecule has 0 aromatic heterocycles. The fourth-order valence-corrected chi connectivity index (χ4v) is 1.13. The first-order valence-corrected chi connectivity index (χ1v) is 4.91. The van der Waals surface area contributed by atoms with Crippen molar-refractivity contribution in [2.45, 2.75) is 13.3 Å². The van der Waals surface area contributed by atoms with Crippen LogP contribution in [0.25, 0.3) is 0 Å². The molecule has 0 aromatic rings. The monoisotopic (exact) mass is 198 g/mol. The second-order valence-corrected chi connectivity index (χ2v) is 3.37. The van der Waals surface area contributed by atoms with E-state index in [2.05, 4.69) is 9.89 Å². The molecule has 0 unspecified atom stereocenters. The average molecular weight is 198 g/mol. The number of hydrogen-bond donors (Lipinski definition) is 1. The van der Waals surface area contributed by atoms with Crippen molar-refractivity contribution in [1.82, 2.24) is 9.80 Å². The topological polar surface area (TPSA) is 44.9 Å². The van der Waals surface area contributed by atoms with E-state index in [1.165, 1.54) is 0 Å². The van der Waals surface area contributed by atoms with Gasteiger partial charge in [-0.3, -0.25) is 0 Å². The summed E-state index contributed by atoms with van der Waals surface area (Å²) < 4.78 is 0. The molecule has 2 N–H and O–H groups in total. The maximum atomic E-state index is 5.46. The lowest BCUT2D eigenvalue weighted by Crippen LogP contribution is -2.38. The van der Waals surface area contributed by atoms with Crippen LogP contribution in [0.2, 0.25) is 0 Å². The zero-order valence-corrected chi connectivity index (χ0v) is 9.70. The van der Waals surface area contributed by atoms with Crippen molar-refractivity contribution in [2.75, 3.05) is 34.2 Å². The first-order chi connectivity index (χ1) is 6.63. The van der Waals surface area contributed by atoms with Crippen molar-refractivity contribution in [2.24, 2.45) is 10.7 Å². The molecular formula is C10H22N4. The molecule has 0 atom stereocenters. The number of nitrogens with two attached hydrogens (primary N) is 1. The van der Waals surface area contributed by atoms with E-state index in [-0.39, 0.29) is 0 Å². The van der Waals surface area contributed by atoms with Crippen LogP contribution in [0.4, 0.5) is 0 Å². The summed E-state index contributed by atoms with van der Waals surface area (Å²) in [5.41, 5.74) is 5.46. The molecule has 4 nitrogen and oxygen atoms in total. The standard InChI is InChI=1S/C10H22N4/c1-5-8-12-10(13(2)3)14(4)9-6-7-11/h5,8H,6-7,9,11H2,1-4H3/b8-5+,12-10+. The average Bonchev–Trinajstić information content (AvgIpc) is 2.14. The second-order valence-electron chi connectivity index (χ2n) is 3.37. The van der Waals surface area contributed by atoms with Gasteiger partial charge in [0.25, 0.3) is 0 Å². The van der Waals surface area contributed by atoms with Crippen LogP contribution in [0.3, 0.4) is 0 Å². The summed E-state index contributed by atoms with van der Waals surface area (Å²) >= 11 is 0. The Morgan fingerprint density at radius 1 is 1.36 bits per heavy atom. The van der Waals surface area contributed by atoms with Gasteiger partial charge in [0.05, 0.1) is 0 Å². The minimum Gasteiger partial charge on any atom is -0.349 e. The van der Waals surface area contributed by atoms with Gasteiger partial charge in [-0.2, -0.15) is 0 Å². The third kappa shape index (κ3) is 4.87. The van der Waals surface area contributed by atoms with Crippen molar-refractivity contribution in [1.29, 1.82) is 0 Å². The molecule has 0 aromatic carbocycles. The third-order valence-corrected chi connectivity index (χ3v) is 1.78. The quantitative estimate of drug-likeness (QED) is 0.535. The summed E-state index contributed by atoms with van der Waals surface area (Å²) in [5, 5.41) is 0. The molecule has 0 saturated heterocycles. The van der Waals surface area contributed by atoms with E-state index in [0.29, 0.717) is 6.54 Å². The maximum Gasteiger partial charge on any atom is 0.200 e. The summed E-state index contributed by atoms with van der Waals surface area (Å²) in [4.78, 5) is 8.44. The molecule has 0 saturated carbocycles. The summed E-state index contributed by atoms with van der Waals surface area (Å²) in [6.07, 6.45) is 4.70. The Kier molecular flexibility index (Phi) is 6.84. The third-order valence-electron chi connectivity index (χ3n) is 1.78. The van der Waals surface area contributed by atoms with Crippen LogP contribution in [0.1, 0.15) is 13.3 Å². The predicted octanol–water partition coefficient (Wildman–Crippen LogP) is 0.718. The van der Waals surface area contributed by atoms with Crippen molar-refractivity contribution in [3.63, 3.8) is 0 Å². The molecule has 0 rings (SSSR count). The van der Waals surface area contributed by atoms with E-state index in [9.17, 15) is 0 Å². The lowest BCUT2D eigenvalue weighted by Gasteiger charge is -2.25. The number of hydrogen-bond acceptors (Lipinski definition) is 2. The highest BCUT2D eigenvalue weighted by molar-refractivity contribution is 5.79. The van der Waals surface area contributed by atoms with E-state index in [1.54, 1.807) is 6.20 Å². The van der Waals surface area contributed by atoms with Gasteiger partial charge in [0.15, 0.2) is 5.96 Å². The van der Waals surface area contributed by atoms with Crippen molar-refractivity contribution >= 4 is 5.96 Å². The minimum absolute atomic E-state index is 0.717. The molecule has 0 aliphatic carbocycles. The number of guanidine groups is 1. The van der Waals surface area contributed by atoms with Crippen molar-refractivity contribution < 1.29 is 0 Å². The van der Waals surface area contributed by atoms with Crippen LogP contribution in [0.15, 0.2) is 17.3 Å². The van der Waals surface area contributed by atoms with E-state index in [1.807, 2.05) is 39.0 Å². The molecule has 0 aliphatic heterocycles. The number of allylic oxidation sites excluding steroid dienone is 1. The molecule has 0 radical (unpaired) electrons. The summed E-state index contributed by atoms with van der Waals surface area (Å²) in [6.45, 7) is 3.61. The fourth-order valence-electron chi connectivity index (χ4n) is 1.13. The van der Waals surface area contributed by atoms with Crippen LogP contribution in [-0.2, 0) is 0 Å². The smallest absolute Gasteiger partial charge is 0.200 e. The summed E-state index contributed by atoms with van der Waals surface area (Å²) in [5.74, 6) is 0.955. The van der Waals surface area contributed by atoms with Gasteiger partial charge in [0.2, 0.25) is 0 Å². The molecule has 82 valence electrons. The van der Waals surface area contributed by atoms with E-state index in [4.69, 9.17) is 5.73 Å². The van der Waals surface area contributed by atoms with Gasteiger partial charge in [-0.15, -0.1) is 0 Å². The van der Waals surface area contributed by atoms with E-state index < -0.39 is 0 Å². The number of aliphatic imine (C=N–C) groups is 1. The SMILES string of the molecule is C/C=C/N=C(\N(C)C)N(C)CCCN. The van der Waals surface area contributed by atoms with Gasteiger partial charge in [-0.1, -0.05) is 6.08 Å². The molecule has 0 aliphatic rings. The molecule has 0 fully saturated rings. The van der Waals surface area contributed by atoms with Gasteiger partial charge in [0.1, 0.15) is 0 Å². The van der Waals surface area contributed by atoms with Crippen LogP contribution >= 0.6 is 0 Å². The Morgan fingerprint density at radius 3 is 2.43 bits per heavy atom. The molecule has 14 heavy (non-hydrogen) atoms. The fraction of sp³-hybridized carbons (Fsp3) is 0.700. The van der Waals surface area contributed by atoms with Gasteiger partial charge in [-0.25, -0.2) is 4.99 Å². The second kappa shape index (κ2) is 7.38. The van der Waals surface area contributed by atoms with Crippen LogP contribution < -0.4 is 5.73 Å². The Labute approximate surface area is 87.1 Å². The number of rotatable bonds is 4. The summed E-state index contributed by atoms with van der Waals surface area (Å²) in [6, 6.07) is 0. The molecule has 0 spiro atoms. The van der Waals surface area contributed by atoms with Crippen LogP contribution in [0, 0.1) is 0 Å². The normalized spacial score (nSPS) is 12.2. The van der Waals surface area contributed by atoms with Gasteiger partial charge < -0.3 is 15.5 Å². The molecule has 0 bridgehead atoms. The Balaban J connectivity index is 4.33. The molecular weight excluding hydrogens is 176 g/mol. The summed E-state index contributed by atoms with van der Waals surface area (Å²) in [7, 11) is 6.00. The van der Waals surface area contributed by atoms with Crippen LogP contribution in [0.5, 0.6) is 0 Å². The Bertz CT molecular complexity index is 196. The first kappa shape index (κ1) is 13.0.